The number of hydrogen-bond donors (Lipinski definition) is 1. The lowest BCUT2D eigenvalue weighted by Crippen LogP contribution is -2.31. The molecule has 0 aliphatic rings. The maximum absolute atomic E-state index is 12.4. The van der Waals surface area contributed by atoms with Crippen LogP contribution in [0.25, 0.3) is 0 Å². The van der Waals surface area contributed by atoms with E-state index in [9.17, 15) is 13.2 Å². The van der Waals surface area contributed by atoms with E-state index in [1.54, 1.807) is 31.3 Å². The number of terminal acetylenes is 1. The van der Waals surface area contributed by atoms with Crippen molar-refractivity contribution in [3.05, 3.63) is 59.1 Å². The molecule has 0 saturated carbocycles. The highest BCUT2D eigenvalue weighted by molar-refractivity contribution is 7.89. The van der Waals surface area contributed by atoms with Crippen LogP contribution in [0.15, 0.2) is 53.4 Å². The van der Waals surface area contributed by atoms with Crippen molar-refractivity contribution in [3.63, 3.8) is 0 Å². The average Bonchev–Trinajstić information content (AvgIpc) is 2.66. The zero-order chi connectivity index (χ0) is 19.9. The van der Waals surface area contributed by atoms with Gasteiger partial charge in [-0.05, 0) is 42.5 Å². The van der Waals surface area contributed by atoms with Gasteiger partial charge >= 0.3 is 0 Å². The number of carbonyl (C=O) groups excluding carboxylic acids is 1. The topological polar surface area (TPSA) is 75.7 Å². The number of benzene rings is 2. The van der Waals surface area contributed by atoms with Crippen LogP contribution < -0.4 is 9.46 Å². The van der Waals surface area contributed by atoms with Gasteiger partial charge in [-0.1, -0.05) is 23.6 Å². The van der Waals surface area contributed by atoms with E-state index in [0.29, 0.717) is 29.5 Å². The molecule has 0 aliphatic carbocycles. The first-order chi connectivity index (χ1) is 12.8. The fourth-order valence-electron chi connectivity index (χ4n) is 2.18. The molecule has 0 fully saturated rings. The van der Waals surface area contributed by atoms with Crippen molar-refractivity contribution in [2.24, 2.45) is 0 Å². The summed E-state index contributed by atoms with van der Waals surface area (Å²) in [7, 11) is -2.04. The van der Waals surface area contributed by atoms with E-state index in [2.05, 4.69) is 10.6 Å². The highest BCUT2D eigenvalue weighted by Gasteiger charge is 2.16. The van der Waals surface area contributed by atoms with E-state index in [4.69, 9.17) is 22.8 Å². The number of nitrogens with zero attached hydrogens (tertiary/aromatic N) is 1. The molecule has 0 aliphatic heterocycles. The largest absolute Gasteiger partial charge is 0.492 e. The zero-order valence-electron chi connectivity index (χ0n) is 14.7. The van der Waals surface area contributed by atoms with Crippen LogP contribution >= 0.6 is 11.6 Å². The second-order valence-electron chi connectivity index (χ2n) is 5.59. The van der Waals surface area contributed by atoms with Crippen LogP contribution in [0.3, 0.4) is 0 Å². The smallest absolute Gasteiger partial charge is 0.253 e. The molecule has 2 aromatic carbocycles. The van der Waals surface area contributed by atoms with E-state index in [0.717, 1.165) is 0 Å². The number of halogens is 1. The number of nitrogens with one attached hydrogen (secondary N) is 1. The number of likely N-dealkylation sites (N-methyl/N-ethyl adjacent to an activating group) is 1. The summed E-state index contributed by atoms with van der Waals surface area (Å²) in [6.45, 7) is 0.554. The third kappa shape index (κ3) is 6.00. The summed E-state index contributed by atoms with van der Waals surface area (Å²) in [6.07, 6.45) is 5.05. The highest BCUT2D eigenvalue weighted by Crippen LogP contribution is 2.17. The van der Waals surface area contributed by atoms with Crippen LogP contribution in [0.1, 0.15) is 10.4 Å². The van der Waals surface area contributed by atoms with Crippen LogP contribution in [0.2, 0.25) is 5.02 Å². The Morgan fingerprint density at radius 3 is 2.59 bits per heavy atom. The number of sulfonamides is 1. The molecule has 6 nitrogen and oxygen atoms in total. The molecule has 2 aromatic rings. The molecule has 0 unspecified atom stereocenters. The molecular formula is C19H19ClN2O4S. The van der Waals surface area contributed by atoms with Crippen molar-refractivity contribution in [2.45, 2.75) is 4.90 Å². The highest BCUT2D eigenvalue weighted by atomic mass is 35.5. The van der Waals surface area contributed by atoms with Gasteiger partial charge in [-0.15, -0.1) is 6.42 Å². The molecule has 142 valence electrons. The normalized spacial score (nSPS) is 10.9. The molecule has 0 atom stereocenters. The van der Waals surface area contributed by atoms with Crippen molar-refractivity contribution in [1.82, 2.24) is 9.62 Å². The summed E-state index contributed by atoms with van der Waals surface area (Å²) >= 11 is 5.89. The Balaban J connectivity index is 1.93. The third-order valence-electron chi connectivity index (χ3n) is 3.61. The number of carbonyl (C=O) groups is 1. The predicted octanol–water partition coefficient (Wildman–Crippen LogP) is 2.40. The lowest BCUT2D eigenvalue weighted by atomic mass is 10.2. The Bertz CT molecular complexity index is 937. The molecule has 0 bridgehead atoms. The van der Waals surface area contributed by atoms with Crippen molar-refractivity contribution in [1.29, 1.82) is 0 Å². The van der Waals surface area contributed by atoms with E-state index in [-0.39, 0.29) is 17.3 Å². The molecule has 27 heavy (non-hydrogen) atoms. The monoisotopic (exact) mass is 406 g/mol. The maximum Gasteiger partial charge on any atom is 0.253 e. The van der Waals surface area contributed by atoms with Crippen LogP contribution in [0.4, 0.5) is 0 Å². The minimum Gasteiger partial charge on any atom is -0.492 e. The van der Waals surface area contributed by atoms with E-state index in [1.165, 1.54) is 29.2 Å². The van der Waals surface area contributed by atoms with Gasteiger partial charge in [0.25, 0.3) is 5.91 Å². The van der Waals surface area contributed by atoms with Crippen LogP contribution in [0, 0.1) is 12.3 Å². The van der Waals surface area contributed by atoms with Crippen LogP contribution in [0.5, 0.6) is 5.75 Å². The summed E-state index contributed by atoms with van der Waals surface area (Å²) < 4.78 is 31.8. The molecule has 0 spiro atoms. The molecule has 8 heteroatoms. The van der Waals surface area contributed by atoms with Crippen LogP contribution in [-0.4, -0.2) is 46.0 Å². The van der Waals surface area contributed by atoms with Crippen molar-refractivity contribution in [2.75, 3.05) is 26.7 Å². The summed E-state index contributed by atoms with van der Waals surface area (Å²) in [5, 5.41) is 0.573. The van der Waals surface area contributed by atoms with Crippen molar-refractivity contribution >= 4 is 27.5 Å². The minimum atomic E-state index is -3.68. The average molecular weight is 407 g/mol. The number of ether oxygens (including phenoxy) is 1. The Morgan fingerprint density at radius 2 is 1.96 bits per heavy atom. The Labute approximate surface area is 164 Å². The first-order valence-corrected chi connectivity index (χ1v) is 9.86. The van der Waals surface area contributed by atoms with E-state index >= 15 is 0 Å². The number of rotatable bonds is 8. The molecule has 0 aromatic heterocycles. The van der Waals surface area contributed by atoms with Gasteiger partial charge in [0.05, 0.1) is 18.0 Å². The van der Waals surface area contributed by atoms with Gasteiger partial charge in [0.2, 0.25) is 10.0 Å². The minimum absolute atomic E-state index is 0.0428. The van der Waals surface area contributed by atoms with Gasteiger partial charge in [-0.25, -0.2) is 8.42 Å². The quantitative estimate of drug-likeness (QED) is 0.683. The summed E-state index contributed by atoms with van der Waals surface area (Å²) in [6, 6.07) is 12.6. The molecule has 0 saturated heterocycles. The van der Waals surface area contributed by atoms with Gasteiger partial charge < -0.3 is 9.64 Å². The van der Waals surface area contributed by atoms with Gasteiger partial charge in [-0.3, -0.25) is 4.79 Å². The van der Waals surface area contributed by atoms with Crippen molar-refractivity contribution in [3.8, 4) is 18.1 Å². The summed E-state index contributed by atoms with van der Waals surface area (Å²) in [5.41, 5.74) is 0.371. The first-order valence-electron chi connectivity index (χ1n) is 8.00. The number of hydrogen-bond acceptors (Lipinski definition) is 4. The maximum atomic E-state index is 12.4. The Kier molecular flexibility index (Phi) is 7.25. The predicted molar refractivity (Wildman–Crippen MR) is 104 cm³/mol. The molecular weight excluding hydrogens is 388 g/mol. The van der Waals surface area contributed by atoms with Gasteiger partial charge in [0.1, 0.15) is 12.4 Å². The molecule has 0 radical (unpaired) electrons. The first kappa shape index (κ1) is 20.8. The van der Waals surface area contributed by atoms with Crippen LogP contribution in [-0.2, 0) is 10.0 Å². The zero-order valence-corrected chi connectivity index (χ0v) is 16.3. The second kappa shape index (κ2) is 9.42. The fraction of sp³-hybridized carbons (Fsp3) is 0.211. The van der Waals surface area contributed by atoms with Gasteiger partial charge in [0.15, 0.2) is 0 Å². The lowest BCUT2D eigenvalue weighted by Gasteiger charge is -2.18. The lowest BCUT2D eigenvalue weighted by molar-refractivity contribution is 0.0773. The van der Waals surface area contributed by atoms with E-state index in [1.807, 2.05) is 0 Å². The fourth-order valence-corrected chi connectivity index (χ4v) is 3.29. The molecule has 1 N–H and O–H groups in total. The second-order valence-corrected chi connectivity index (χ2v) is 7.79. The Morgan fingerprint density at radius 1 is 1.26 bits per heavy atom. The molecule has 1 amide bonds. The Hall–Kier alpha value is -2.53. The molecule has 0 heterocycles. The third-order valence-corrected chi connectivity index (χ3v) is 5.27. The number of amides is 1. The molecule has 2 rings (SSSR count). The summed E-state index contributed by atoms with van der Waals surface area (Å²) in [4.78, 5) is 14.0. The van der Waals surface area contributed by atoms with Gasteiger partial charge in [-0.2, -0.15) is 4.72 Å². The standard InChI is InChI=1S/C19H19ClN2O4S/c1-3-11-21-27(24,25)18-9-7-15(8-10-18)19(23)22(2)12-13-26-17-6-4-5-16(20)14-17/h1,4-10,14,21H,11-13H2,2H3. The summed E-state index contributed by atoms with van der Waals surface area (Å²) in [5.74, 6) is 2.58. The van der Waals surface area contributed by atoms with Gasteiger partial charge in [0, 0.05) is 17.6 Å². The van der Waals surface area contributed by atoms with Crippen molar-refractivity contribution < 1.29 is 17.9 Å². The SMILES string of the molecule is C#CCNS(=O)(=O)c1ccc(C(=O)N(C)CCOc2cccc(Cl)c2)cc1. The van der Waals surface area contributed by atoms with E-state index < -0.39 is 10.0 Å².